The zero-order valence-corrected chi connectivity index (χ0v) is 33.3. The number of alkyl carbamates (subject to hydrolysis) is 1. The van der Waals surface area contributed by atoms with Crippen molar-refractivity contribution in [3.05, 3.63) is 35.9 Å². The molecule has 1 aliphatic heterocycles. The molecule has 1 aromatic carbocycles. The Labute approximate surface area is 316 Å². The van der Waals surface area contributed by atoms with E-state index in [2.05, 4.69) is 24.5 Å². The Morgan fingerprint density at radius 1 is 0.868 bits per heavy atom. The molecule has 12 heteroatoms. The van der Waals surface area contributed by atoms with E-state index in [0.29, 0.717) is 37.8 Å². The summed E-state index contributed by atoms with van der Waals surface area (Å²) in [6, 6.07) is 6.10. The summed E-state index contributed by atoms with van der Waals surface area (Å²) in [5, 5.41) is 5.45. The first kappa shape index (κ1) is 45.1. The van der Waals surface area contributed by atoms with Gasteiger partial charge in [0.25, 0.3) is 0 Å². The third-order valence-corrected chi connectivity index (χ3v) is 9.54. The molecule has 53 heavy (non-hydrogen) atoms. The average Bonchev–Trinajstić information content (AvgIpc) is 3.62. The Balaban J connectivity index is 0.00000313. The molecule has 4 amide bonds. The fourth-order valence-corrected chi connectivity index (χ4v) is 6.72. The van der Waals surface area contributed by atoms with E-state index in [-0.39, 0.29) is 43.0 Å². The van der Waals surface area contributed by atoms with Crippen molar-refractivity contribution in [3.8, 4) is 0 Å². The molecule has 3 rings (SSSR count). The molecule has 1 aromatic rings. The topological polar surface area (TPSA) is 159 Å². The van der Waals surface area contributed by atoms with Crippen LogP contribution in [0.4, 0.5) is 4.79 Å². The number of Topliss-reactive ketones (excluding diaryl/α,β-unsaturated/α-hetero) is 3. The number of ether oxygens (including phenoxy) is 1. The van der Waals surface area contributed by atoms with Crippen molar-refractivity contribution in [2.75, 3.05) is 20.6 Å². The number of likely N-dealkylation sites (N-methyl/N-ethyl adjacent to an activating group) is 1. The third kappa shape index (κ3) is 14.3. The van der Waals surface area contributed by atoms with Gasteiger partial charge in [0.05, 0.1) is 6.04 Å². The number of hydrogen-bond acceptors (Lipinski definition) is 8. The first-order valence-corrected chi connectivity index (χ1v) is 19.5. The normalized spacial score (nSPS) is 17.7. The van der Waals surface area contributed by atoms with Crippen molar-refractivity contribution in [3.63, 3.8) is 0 Å². The number of rotatable bonds is 16. The van der Waals surface area contributed by atoms with Crippen LogP contribution in [-0.4, -0.2) is 89.8 Å². The second-order valence-corrected chi connectivity index (χ2v) is 15.6. The van der Waals surface area contributed by atoms with Crippen molar-refractivity contribution >= 4 is 41.2 Å². The van der Waals surface area contributed by atoms with Crippen molar-refractivity contribution in [2.24, 2.45) is 11.3 Å². The molecule has 1 saturated carbocycles. The van der Waals surface area contributed by atoms with Crippen LogP contribution in [0.3, 0.4) is 0 Å². The molecule has 0 spiro atoms. The van der Waals surface area contributed by atoms with Gasteiger partial charge in [0.15, 0.2) is 11.6 Å². The van der Waals surface area contributed by atoms with Gasteiger partial charge in [0.2, 0.25) is 23.5 Å². The van der Waals surface area contributed by atoms with Gasteiger partial charge in [-0.15, -0.1) is 0 Å². The summed E-state index contributed by atoms with van der Waals surface area (Å²) in [5.41, 5.74) is -0.0778. The lowest BCUT2D eigenvalue weighted by Gasteiger charge is -2.35. The van der Waals surface area contributed by atoms with E-state index in [1.807, 2.05) is 27.7 Å². The van der Waals surface area contributed by atoms with E-state index < -0.39 is 53.0 Å². The third-order valence-electron chi connectivity index (χ3n) is 9.54. The molecule has 1 heterocycles. The lowest BCUT2D eigenvalue weighted by Crippen LogP contribution is -2.57. The Bertz CT molecular complexity index is 1380. The Morgan fingerprint density at radius 3 is 2.06 bits per heavy atom. The van der Waals surface area contributed by atoms with Crippen LogP contribution in [0, 0.1) is 11.3 Å². The lowest BCUT2D eigenvalue weighted by molar-refractivity contribution is -0.143. The maximum atomic E-state index is 13.9. The number of carbonyl (C=O) groups excluding carboxylic acids is 7. The average molecular weight is 741 g/mol. The van der Waals surface area contributed by atoms with Crippen LogP contribution in [0.15, 0.2) is 30.3 Å². The SMILES string of the molecule is CCC.CCCC(CC(=O)[C@@H]1CCCN1C(=O)[C@@H](NC(=O)OC1CCCCC1)C(C)(C)C)C(=O)C(=O)CCC(=O)N[C@H](C(=O)N(C)C)c1ccccc1. The van der Waals surface area contributed by atoms with Crippen LogP contribution in [0.2, 0.25) is 0 Å². The first-order valence-electron chi connectivity index (χ1n) is 19.5. The van der Waals surface area contributed by atoms with E-state index in [1.54, 1.807) is 44.4 Å². The summed E-state index contributed by atoms with van der Waals surface area (Å²) in [6.07, 6.45) is 6.12. The van der Waals surface area contributed by atoms with Gasteiger partial charge in [0.1, 0.15) is 18.2 Å². The molecule has 0 bridgehead atoms. The molecule has 12 nitrogen and oxygen atoms in total. The number of hydrogen-bond donors (Lipinski definition) is 2. The number of nitrogens with zero attached hydrogens (tertiary/aromatic N) is 2. The molecule has 2 N–H and O–H groups in total. The summed E-state index contributed by atoms with van der Waals surface area (Å²) in [5.74, 6) is -3.92. The zero-order valence-electron chi connectivity index (χ0n) is 33.3. The number of carbonyl (C=O) groups is 7. The molecule has 296 valence electrons. The number of amides is 4. The van der Waals surface area contributed by atoms with E-state index in [4.69, 9.17) is 4.74 Å². The highest BCUT2D eigenvalue weighted by molar-refractivity contribution is 6.38. The highest BCUT2D eigenvalue weighted by Gasteiger charge is 2.43. The van der Waals surface area contributed by atoms with Gasteiger partial charge < -0.3 is 25.2 Å². The van der Waals surface area contributed by atoms with Gasteiger partial charge in [0, 0.05) is 45.8 Å². The highest BCUT2D eigenvalue weighted by atomic mass is 16.6. The first-order chi connectivity index (χ1) is 25.0. The fourth-order valence-electron chi connectivity index (χ4n) is 6.72. The van der Waals surface area contributed by atoms with Gasteiger partial charge in [-0.1, -0.05) is 91.1 Å². The Morgan fingerprint density at radius 2 is 1.49 bits per heavy atom. The van der Waals surface area contributed by atoms with Gasteiger partial charge in [-0.2, -0.15) is 0 Å². The lowest BCUT2D eigenvalue weighted by atomic mass is 9.85. The molecule has 2 fully saturated rings. The molecule has 0 aromatic heterocycles. The predicted octanol–water partition coefficient (Wildman–Crippen LogP) is 6.11. The van der Waals surface area contributed by atoms with Crippen LogP contribution in [0.5, 0.6) is 0 Å². The van der Waals surface area contributed by atoms with Crippen LogP contribution in [0.1, 0.15) is 137 Å². The predicted molar refractivity (Wildman–Crippen MR) is 204 cm³/mol. The van der Waals surface area contributed by atoms with E-state index in [0.717, 1.165) is 32.1 Å². The molecule has 1 unspecified atom stereocenters. The molecule has 0 radical (unpaired) electrons. The molecule has 1 saturated heterocycles. The summed E-state index contributed by atoms with van der Waals surface area (Å²) < 4.78 is 5.63. The van der Waals surface area contributed by atoms with Crippen LogP contribution in [-0.2, 0) is 33.5 Å². The second kappa shape index (κ2) is 22.2. The van der Waals surface area contributed by atoms with Gasteiger partial charge in [-0.3, -0.25) is 28.8 Å². The summed E-state index contributed by atoms with van der Waals surface area (Å²) in [4.78, 5) is 95.3. The minimum Gasteiger partial charge on any atom is -0.446 e. The zero-order chi connectivity index (χ0) is 39.7. The van der Waals surface area contributed by atoms with Crippen LogP contribution in [0.25, 0.3) is 0 Å². The molecule has 2 aliphatic rings. The maximum absolute atomic E-state index is 13.9. The minimum atomic E-state index is -0.942. The van der Waals surface area contributed by atoms with Gasteiger partial charge in [-0.25, -0.2) is 4.79 Å². The number of likely N-dealkylation sites (tertiary alicyclic amines) is 1. The summed E-state index contributed by atoms with van der Waals surface area (Å²) >= 11 is 0. The number of ketones is 3. The van der Waals surface area contributed by atoms with Crippen molar-refractivity contribution in [1.29, 1.82) is 0 Å². The summed E-state index contributed by atoms with van der Waals surface area (Å²) in [7, 11) is 3.16. The molecule has 1 aliphatic carbocycles. The molecule has 4 atom stereocenters. The maximum Gasteiger partial charge on any atom is 0.408 e. The Kier molecular flexibility index (Phi) is 18.9. The summed E-state index contributed by atoms with van der Waals surface area (Å²) in [6.45, 7) is 12.0. The largest absolute Gasteiger partial charge is 0.446 e. The molecular formula is C41H64N4O8. The van der Waals surface area contributed by atoms with E-state index in [1.165, 1.54) is 16.2 Å². The van der Waals surface area contributed by atoms with Crippen molar-refractivity contribution in [1.82, 2.24) is 20.4 Å². The smallest absolute Gasteiger partial charge is 0.408 e. The van der Waals surface area contributed by atoms with Crippen molar-refractivity contribution < 1.29 is 38.3 Å². The van der Waals surface area contributed by atoms with Gasteiger partial charge in [-0.05, 0) is 55.9 Å². The van der Waals surface area contributed by atoms with E-state index >= 15 is 0 Å². The molecular weight excluding hydrogens is 676 g/mol. The quantitative estimate of drug-likeness (QED) is 0.192. The fraction of sp³-hybridized carbons (Fsp3) is 0.683. The minimum absolute atomic E-state index is 0.177. The number of benzene rings is 1. The van der Waals surface area contributed by atoms with Crippen molar-refractivity contribution in [2.45, 2.75) is 149 Å². The van der Waals surface area contributed by atoms with Crippen LogP contribution >= 0.6 is 0 Å². The second-order valence-electron chi connectivity index (χ2n) is 15.6. The highest BCUT2D eigenvalue weighted by Crippen LogP contribution is 2.29. The van der Waals surface area contributed by atoms with Crippen LogP contribution < -0.4 is 10.6 Å². The Hall–Kier alpha value is -4.09. The van der Waals surface area contributed by atoms with E-state index in [9.17, 15) is 33.6 Å². The monoisotopic (exact) mass is 740 g/mol. The number of nitrogens with one attached hydrogen (secondary N) is 2. The van der Waals surface area contributed by atoms with Gasteiger partial charge >= 0.3 is 6.09 Å². The standard InChI is InChI=1S/C38H56N4O8.C3H8/c1-7-15-26(33(46)29(43)21-22-31(45)39-32(35(47)41(5)6)25-16-10-8-11-17-25)24-30(44)28-20-14-23-42(28)36(48)34(38(2,3)4)40-37(49)50-27-18-12-9-13-19-27;1-3-2/h8,10-11,16-17,26-28,32,34H,7,9,12-15,18-24H2,1-6H3,(H,39,45)(H,40,49);3H2,1-2H3/t26?,28-,32-,34+;/m0./s1.